The Kier molecular flexibility index (Phi) is 9.27. The van der Waals surface area contributed by atoms with Crippen LogP contribution in [0.15, 0.2) is 48.5 Å². The zero-order valence-corrected chi connectivity index (χ0v) is 19.4. The highest BCUT2D eigenvalue weighted by Crippen LogP contribution is 2.17. The number of esters is 1. The van der Waals surface area contributed by atoms with Gasteiger partial charge in [-0.2, -0.15) is 17.4 Å². The number of carboxylic acid groups (broad SMARTS) is 2. The monoisotopic (exact) mass is 507 g/mol. The third-order valence-corrected chi connectivity index (χ3v) is 6.25. The van der Waals surface area contributed by atoms with Gasteiger partial charge in [-0.05, 0) is 48.4 Å². The van der Waals surface area contributed by atoms with Crippen LogP contribution in [0.5, 0.6) is 5.75 Å². The summed E-state index contributed by atoms with van der Waals surface area (Å²) in [7, 11) is -3.18. The highest BCUT2D eigenvalue weighted by molar-refractivity contribution is 7.87. The minimum Gasteiger partial charge on any atom is -0.481 e. The van der Waals surface area contributed by atoms with Gasteiger partial charge >= 0.3 is 17.9 Å². The maximum atomic E-state index is 12.5. The Balaban J connectivity index is 1.96. The molecule has 0 amide bonds. The van der Waals surface area contributed by atoms with Gasteiger partial charge in [0.25, 0.3) is 10.2 Å². The molecule has 0 aromatic heterocycles. The Morgan fingerprint density at radius 3 is 2.20 bits per heavy atom. The maximum absolute atomic E-state index is 12.5. The third-order valence-electron chi connectivity index (χ3n) is 4.73. The minimum atomic E-state index is -4.23. The van der Waals surface area contributed by atoms with Gasteiger partial charge in [0.05, 0.1) is 5.56 Å². The molecule has 14 heteroatoms. The van der Waals surface area contributed by atoms with Gasteiger partial charge < -0.3 is 26.0 Å². The fourth-order valence-electron chi connectivity index (χ4n) is 2.85. The molecule has 2 aromatic carbocycles. The predicted molar refractivity (Wildman–Crippen MR) is 125 cm³/mol. The van der Waals surface area contributed by atoms with Crippen molar-refractivity contribution in [3.05, 3.63) is 59.7 Å². The van der Waals surface area contributed by atoms with Gasteiger partial charge in [0, 0.05) is 25.7 Å². The van der Waals surface area contributed by atoms with Crippen molar-refractivity contribution in [2.75, 3.05) is 12.4 Å². The van der Waals surface area contributed by atoms with Crippen LogP contribution < -0.4 is 20.5 Å². The summed E-state index contributed by atoms with van der Waals surface area (Å²) >= 11 is 0. The van der Waals surface area contributed by atoms with Gasteiger partial charge in [-0.25, -0.2) is 4.79 Å². The van der Waals surface area contributed by atoms with E-state index in [2.05, 4.69) is 10.0 Å². The number of carboxylic acids is 2. The zero-order valence-electron chi connectivity index (χ0n) is 18.6. The van der Waals surface area contributed by atoms with E-state index in [1.54, 1.807) is 12.1 Å². The van der Waals surface area contributed by atoms with E-state index < -0.39 is 47.0 Å². The van der Waals surface area contributed by atoms with Crippen LogP contribution in [0.2, 0.25) is 0 Å². The first-order valence-electron chi connectivity index (χ1n) is 10.1. The van der Waals surface area contributed by atoms with Crippen LogP contribution in [0.4, 0.5) is 5.69 Å². The lowest BCUT2D eigenvalue weighted by Crippen LogP contribution is -2.47. The van der Waals surface area contributed by atoms with E-state index in [0.717, 1.165) is 7.05 Å². The number of hydrogen-bond donors (Lipinski definition) is 6. The number of rotatable bonds is 12. The second kappa shape index (κ2) is 11.9. The number of likely N-dealkylation sites (N-methyl/N-ethyl adjacent to an activating group) is 1. The summed E-state index contributed by atoms with van der Waals surface area (Å²) in [6.07, 6.45) is -0.894. The average Bonchev–Trinajstić information content (AvgIpc) is 2.78. The number of nitrogens with two attached hydrogens (primary N) is 1. The highest BCUT2D eigenvalue weighted by Gasteiger charge is 2.31. The number of aliphatic carboxylic acids is 2. The van der Waals surface area contributed by atoms with Gasteiger partial charge in [0.15, 0.2) is 5.96 Å². The fourth-order valence-corrected chi connectivity index (χ4v) is 3.93. The number of nitrogens with one attached hydrogen (secondary N) is 3. The smallest absolute Gasteiger partial charge is 0.343 e. The molecule has 2 aromatic rings. The fraction of sp³-hybridized carbons (Fsp3) is 0.238. The molecule has 0 radical (unpaired) electrons. The standard InChI is InChI=1S/C21H25N5O8S/c1-26(17(19(29)30)10-11-18(27)28)35(32,33)24-12-13-2-8-16(9-3-13)34-20(31)14-4-6-15(7-5-14)25-21(22)23/h2-9,17,24H,10-12H2,1H3,(H,27,28)(H,29,30)(H4,22,23,25)/t17-/m0/s1. The van der Waals surface area contributed by atoms with Crippen molar-refractivity contribution in [2.45, 2.75) is 25.4 Å². The number of carbonyl (C=O) groups excluding carboxylic acids is 1. The lowest BCUT2D eigenvalue weighted by atomic mass is 10.1. The SMILES string of the molecule is CN([C@@H](CCC(=O)O)C(=O)O)S(=O)(=O)NCc1ccc(OC(=O)c2ccc(NC(=N)N)cc2)cc1. The van der Waals surface area contributed by atoms with Crippen LogP contribution in [0, 0.1) is 5.41 Å². The Hall–Kier alpha value is -4.01. The molecule has 0 saturated carbocycles. The zero-order chi connectivity index (χ0) is 26.2. The second-order valence-corrected chi connectivity index (χ2v) is 9.09. The summed E-state index contributed by atoms with van der Waals surface area (Å²) < 4.78 is 33.0. The molecular formula is C21H25N5O8S. The van der Waals surface area contributed by atoms with E-state index in [9.17, 15) is 27.9 Å². The topological polar surface area (TPSA) is 212 Å². The highest BCUT2D eigenvalue weighted by atomic mass is 32.2. The maximum Gasteiger partial charge on any atom is 0.343 e. The first kappa shape index (κ1) is 27.2. The van der Waals surface area contributed by atoms with Crippen LogP contribution in [-0.2, 0) is 26.3 Å². The van der Waals surface area contributed by atoms with Crippen LogP contribution in [-0.4, -0.2) is 59.9 Å². The molecular weight excluding hydrogens is 482 g/mol. The summed E-state index contributed by atoms with van der Waals surface area (Å²) in [5, 5.41) is 27.8. The molecule has 0 aliphatic rings. The number of hydrogen-bond acceptors (Lipinski definition) is 7. The molecule has 0 saturated heterocycles. The van der Waals surface area contributed by atoms with Crippen molar-refractivity contribution in [3.8, 4) is 5.75 Å². The van der Waals surface area contributed by atoms with E-state index >= 15 is 0 Å². The lowest BCUT2D eigenvalue weighted by Gasteiger charge is -2.24. The summed E-state index contributed by atoms with van der Waals surface area (Å²) in [5.41, 5.74) is 6.53. The largest absolute Gasteiger partial charge is 0.481 e. The predicted octanol–water partition coefficient (Wildman–Crippen LogP) is 0.795. The van der Waals surface area contributed by atoms with E-state index in [1.807, 2.05) is 0 Å². The molecule has 0 bridgehead atoms. The van der Waals surface area contributed by atoms with Crippen LogP contribution in [0.3, 0.4) is 0 Å². The number of benzene rings is 2. The van der Waals surface area contributed by atoms with Crippen LogP contribution in [0.25, 0.3) is 0 Å². The number of guanidine groups is 1. The Morgan fingerprint density at radius 2 is 1.69 bits per heavy atom. The number of nitrogens with zero attached hydrogens (tertiary/aromatic N) is 1. The molecule has 0 heterocycles. The van der Waals surface area contributed by atoms with Gasteiger partial charge in [0.2, 0.25) is 0 Å². The molecule has 2 rings (SSSR count). The Morgan fingerprint density at radius 1 is 1.09 bits per heavy atom. The van der Waals surface area contributed by atoms with Gasteiger partial charge in [0.1, 0.15) is 11.8 Å². The molecule has 13 nitrogen and oxygen atoms in total. The van der Waals surface area contributed by atoms with Gasteiger partial charge in [-0.15, -0.1) is 0 Å². The number of ether oxygens (including phenoxy) is 1. The minimum absolute atomic E-state index is 0.184. The quantitative estimate of drug-likeness (QED) is 0.103. The molecule has 188 valence electrons. The van der Waals surface area contributed by atoms with Gasteiger partial charge in [-0.1, -0.05) is 12.1 Å². The van der Waals surface area contributed by atoms with E-state index in [0.29, 0.717) is 15.6 Å². The summed E-state index contributed by atoms with van der Waals surface area (Å²) in [5.74, 6) is -3.36. The van der Waals surface area contributed by atoms with E-state index in [4.69, 9.17) is 21.0 Å². The molecule has 0 spiro atoms. The third kappa shape index (κ3) is 8.37. The van der Waals surface area contributed by atoms with Crippen LogP contribution in [0.1, 0.15) is 28.8 Å². The number of carbonyl (C=O) groups is 3. The first-order valence-corrected chi connectivity index (χ1v) is 11.5. The lowest BCUT2D eigenvalue weighted by molar-refractivity contribution is -0.142. The first-order chi connectivity index (χ1) is 16.4. The molecule has 0 aliphatic carbocycles. The summed E-state index contributed by atoms with van der Waals surface area (Å²) in [4.78, 5) is 34.4. The molecule has 1 atom stereocenters. The Labute approximate surface area is 201 Å². The van der Waals surface area contributed by atoms with Crippen molar-refractivity contribution >= 4 is 39.8 Å². The molecule has 35 heavy (non-hydrogen) atoms. The molecule has 0 unspecified atom stereocenters. The average molecular weight is 508 g/mol. The molecule has 0 aliphatic heterocycles. The van der Waals surface area contributed by atoms with E-state index in [-0.39, 0.29) is 23.8 Å². The van der Waals surface area contributed by atoms with Gasteiger partial charge in [-0.3, -0.25) is 15.0 Å². The number of anilines is 1. The summed E-state index contributed by atoms with van der Waals surface area (Å²) in [6.45, 7) is -0.184. The van der Waals surface area contributed by atoms with Crippen molar-refractivity contribution in [3.63, 3.8) is 0 Å². The van der Waals surface area contributed by atoms with Crippen molar-refractivity contribution in [1.29, 1.82) is 5.41 Å². The van der Waals surface area contributed by atoms with Crippen molar-refractivity contribution < 1.29 is 37.8 Å². The molecule has 0 fully saturated rings. The van der Waals surface area contributed by atoms with E-state index in [1.165, 1.54) is 36.4 Å². The van der Waals surface area contributed by atoms with Crippen LogP contribution >= 0.6 is 0 Å². The normalized spacial score (nSPS) is 12.1. The summed E-state index contributed by atoms with van der Waals surface area (Å²) in [6, 6.07) is 10.5. The van der Waals surface area contributed by atoms with Crippen molar-refractivity contribution in [1.82, 2.24) is 9.03 Å². The Bertz CT molecular complexity index is 1180. The molecule has 7 N–H and O–H groups in total. The second-order valence-electron chi connectivity index (χ2n) is 7.28. The van der Waals surface area contributed by atoms with Crippen molar-refractivity contribution in [2.24, 2.45) is 5.73 Å².